The van der Waals surface area contributed by atoms with Crippen molar-refractivity contribution in [2.45, 2.75) is 50.6 Å². The zero-order valence-corrected chi connectivity index (χ0v) is 12.3. The molecule has 0 aliphatic heterocycles. The van der Waals surface area contributed by atoms with E-state index in [2.05, 4.69) is 4.72 Å². The minimum atomic E-state index is -3.42. The van der Waals surface area contributed by atoms with E-state index in [1.165, 1.54) is 6.42 Å². The summed E-state index contributed by atoms with van der Waals surface area (Å²) in [5.74, 6) is 0.485. The van der Waals surface area contributed by atoms with Crippen LogP contribution >= 0.6 is 0 Å². The highest BCUT2D eigenvalue weighted by molar-refractivity contribution is 7.89. The maximum Gasteiger partial charge on any atom is 0.240 e. The second-order valence-electron chi connectivity index (χ2n) is 5.39. The summed E-state index contributed by atoms with van der Waals surface area (Å²) in [6.45, 7) is 4.26. The van der Waals surface area contributed by atoms with E-state index in [-0.39, 0.29) is 6.04 Å². The van der Waals surface area contributed by atoms with Crippen molar-refractivity contribution in [2.24, 2.45) is 11.7 Å². The zero-order chi connectivity index (χ0) is 14.0. The summed E-state index contributed by atoms with van der Waals surface area (Å²) in [5, 5.41) is 0. The summed E-state index contributed by atoms with van der Waals surface area (Å²) < 4.78 is 27.4. The van der Waals surface area contributed by atoms with Crippen molar-refractivity contribution in [1.82, 2.24) is 4.72 Å². The number of nitrogens with one attached hydrogen (secondary N) is 1. The third-order valence-electron chi connectivity index (χ3n) is 4.04. The Bertz CT molecular complexity index is 551. The van der Waals surface area contributed by atoms with E-state index in [1.54, 1.807) is 18.2 Å². The van der Waals surface area contributed by atoms with Crippen molar-refractivity contribution in [3.8, 4) is 0 Å². The topological polar surface area (TPSA) is 72.2 Å². The van der Waals surface area contributed by atoms with Crippen LogP contribution in [0.3, 0.4) is 0 Å². The number of nitrogens with two attached hydrogens (primary N) is 1. The average molecular weight is 282 g/mol. The lowest BCUT2D eigenvalue weighted by molar-refractivity contribution is 0.260. The fourth-order valence-corrected chi connectivity index (χ4v) is 3.81. The summed E-state index contributed by atoms with van der Waals surface area (Å²) in [4.78, 5) is 0.327. The summed E-state index contributed by atoms with van der Waals surface area (Å²) in [6, 6.07) is 5.12. The molecule has 1 aromatic carbocycles. The van der Waals surface area contributed by atoms with Gasteiger partial charge in [-0.2, -0.15) is 0 Å². The van der Waals surface area contributed by atoms with E-state index >= 15 is 0 Å². The molecule has 1 saturated carbocycles. The standard InChI is InChI=1S/C14H22N2O2S/c1-10-8-14(7-6-13(10)9-15)19(17,18)16-11(2)12-4-3-5-12/h6-8,11-12,16H,3-5,9,15H2,1-2H3. The molecule has 1 aliphatic rings. The third kappa shape index (κ3) is 3.16. The van der Waals surface area contributed by atoms with E-state index in [9.17, 15) is 8.42 Å². The number of sulfonamides is 1. The maximum atomic E-state index is 12.3. The number of hydrogen-bond acceptors (Lipinski definition) is 3. The van der Waals surface area contributed by atoms with Crippen LogP contribution in [-0.2, 0) is 16.6 Å². The van der Waals surface area contributed by atoms with Gasteiger partial charge in [0.15, 0.2) is 0 Å². The molecule has 0 bridgehead atoms. The molecule has 1 atom stereocenters. The molecular formula is C14H22N2O2S. The lowest BCUT2D eigenvalue weighted by atomic mass is 9.81. The minimum absolute atomic E-state index is 0.00763. The lowest BCUT2D eigenvalue weighted by Crippen LogP contribution is -2.40. The van der Waals surface area contributed by atoms with Gasteiger partial charge in [-0.25, -0.2) is 13.1 Å². The van der Waals surface area contributed by atoms with Gasteiger partial charge < -0.3 is 5.73 Å². The molecule has 0 spiro atoms. The van der Waals surface area contributed by atoms with Crippen molar-refractivity contribution in [1.29, 1.82) is 0 Å². The molecule has 1 unspecified atom stereocenters. The van der Waals surface area contributed by atoms with Gasteiger partial charge >= 0.3 is 0 Å². The van der Waals surface area contributed by atoms with Crippen molar-refractivity contribution in [2.75, 3.05) is 0 Å². The van der Waals surface area contributed by atoms with E-state index in [0.717, 1.165) is 24.0 Å². The predicted molar refractivity (Wildman–Crippen MR) is 76.2 cm³/mol. The Balaban J connectivity index is 2.16. The van der Waals surface area contributed by atoms with Gasteiger partial charge in [0, 0.05) is 12.6 Å². The normalized spacial score (nSPS) is 18.1. The molecular weight excluding hydrogens is 260 g/mol. The summed E-state index contributed by atoms with van der Waals surface area (Å²) in [5.41, 5.74) is 7.49. The van der Waals surface area contributed by atoms with Gasteiger partial charge in [-0.15, -0.1) is 0 Å². The van der Waals surface area contributed by atoms with E-state index in [1.807, 2.05) is 13.8 Å². The Morgan fingerprint density at radius 1 is 1.42 bits per heavy atom. The van der Waals surface area contributed by atoms with Crippen LogP contribution in [0.25, 0.3) is 0 Å². The first-order valence-corrected chi connectivity index (χ1v) is 8.24. The first-order valence-electron chi connectivity index (χ1n) is 6.76. The highest BCUT2D eigenvalue weighted by Gasteiger charge is 2.27. The number of benzene rings is 1. The molecule has 0 amide bonds. The first-order chi connectivity index (χ1) is 8.94. The van der Waals surface area contributed by atoms with E-state index < -0.39 is 10.0 Å². The quantitative estimate of drug-likeness (QED) is 0.866. The fraction of sp³-hybridized carbons (Fsp3) is 0.571. The van der Waals surface area contributed by atoms with E-state index in [4.69, 9.17) is 5.73 Å². The molecule has 1 fully saturated rings. The molecule has 5 heteroatoms. The molecule has 0 radical (unpaired) electrons. The molecule has 3 N–H and O–H groups in total. The van der Waals surface area contributed by atoms with Crippen molar-refractivity contribution < 1.29 is 8.42 Å². The van der Waals surface area contributed by atoms with Gasteiger partial charge in [0.2, 0.25) is 10.0 Å². The Hall–Kier alpha value is -0.910. The van der Waals surface area contributed by atoms with Crippen LogP contribution in [0, 0.1) is 12.8 Å². The van der Waals surface area contributed by atoms with Gasteiger partial charge in [0.1, 0.15) is 0 Å². The predicted octanol–water partition coefficient (Wildman–Crippen LogP) is 1.92. The molecule has 19 heavy (non-hydrogen) atoms. The van der Waals surface area contributed by atoms with Gasteiger partial charge in [-0.05, 0) is 55.9 Å². The van der Waals surface area contributed by atoms with Crippen LogP contribution in [0.4, 0.5) is 0 Å². The van der Waals surface area contributed by atoms with Crippen molar-refractivity contribution >= 4 is 10.0 Å². The van der Waals surface area contributed by atoms with Gasteiger partial charge in [0.25, 0.3) is 0 Å². The number of aryl methyl sites for hydroxylation is 1. The minimum Gasteiger partial charge on any atom is -0.326 e. The molecule has 4 nitrogen and oxygen atoms in total. The Labute approximate surface area is 115 Å². The second-order valence-corrected chi connectivity index (χ2v) is 7.11. The van der Waals surface area contributed by atoms with Gasteiger partial charge in [-0.3, -0.25) is 0 Å². The van der Waals surface area contributed by atoms with Gasteiger partial charge in [0.05, 0.1) is 4.90 Å². The summed E-state index contributed by atoms with van der Waals surface area (Å²) >= 11 is 0. The smallest absolute Gasteiger partial charge is 0.240 e. The number of hydrogen-bond donors (Lipinski definition) is 2. The Kier molecular flexibility index (Phi) is 4.28. The van der Waals surface area contributed by atoms with E-state index in [0.29, 0.717) is 17.4 Å². The monoisotopic (exact) mass is 282 g/mol. The van der Waals surface area contributed by atoms with Crippen LogP contribution in [-0.4, -0.2) is 14.5 Å². The molecule has 1 aliphatic carbocycles. The lowest BCUT2D eigenvalue weighted by Gasteiger charge is -2.31. The first kappa shape index (κ1) is 14.5. The average Bonchev–Trinajstić information content (AvgIpc) is 2.25. The SMILES string of the molecule is Cc1cc(S(=O)(=O)NC(C)C2CCC2)ccc1CN. The molecule has 1 aromatic rings. The second kappa shape index (κ2) is 5.61. The van der Waals surface area contributed by atoms with Crippen LogP contribution < -0.4 is 10.5 Å². The molecule has 0 heterocycles. The number of rotatable bonds is 5. The third-order valence-corrected chi connectivity index (χ3v) is 5.60. The Morgan fingerprint density at radius 3 is 2.58 bits per heavy atom. The van der Waals surface area contributed by atoms with Crippen LogP contribution in [0.5, 0.6) is 0 Å². The fourth-order valence-electron chi connectivity index (χ4n) is 2.41. The summed E-state index contributed by atoms with van der Waals surface area (Å²) in [6.07, 6.45) is 3.45. The summed E-state index contributed by atoms with van der Waals surface area (Å²) in [7, 11) is -3.42. The van der Waals surface area contributed by atoms with Crippen molar-refractivity contribution in [3.05, 3.63) is 29.3 Å². The Morgan fingerprint density at radius 2 is 2.11 bits per heavy atom. The van der Waals surface area contributed by atoms with Crippen LogP contribution in [0.1, 0.15) is 37.3 Å². The maximum absolute atomic E-state index is 12.3. The zero-order valence-electron chi connectivity index (χ0n) is 11.5. The van der Waals surface area contributed by atoms with Crippen molar-refractivity contribution in [3.63, 3.8) is 0 Å². The molecule has 0 aromatic heterocycles. The largest absolute Gasteiger partial charge is 0.326 e. The highest BCUT2D eigenvalue weighted by Crippen LogP contribution is 2.30. The highest BCUT2D eigenvalue weighted by atomic mass is 32.2. The van der Waals surface area contributed by atoms with Crippen LogP contribution in [0.15, 0.2) is 23.1 Å². The molecule has 106 valence electrons. The molecule has 2 rings (SSSR count). The van der Waals surface area contributed by atoms with Crippen LogP contribution in [0.2, 0.25) is 0 Å². The molecule has 0 saturated heterocycles. The van der Waals surface area contributed by atoms with Gasteiger partial charge in [-0.1, -0.05) is 12.5 Å².